The first-order chi connectivity index (χ1) is 8.88. The SMILES string of the molecule is COc1cccc(CNC2CCCCCCC2)c1. The van der Waals surface area contributed by atoms with Crippen LogP contribution in [0.25, 0.3) is 0 Å². The molecule has 1 saturated carbocycles. The van der Waals surface area contributed by atoms with Crippen molar-refractivity contribution in [2.75, 3.05) is 7.11 Å². The van der Waals surface area contributed by atoms with Gasteiger partial charge in [0.15, 0.2) is 0 Å². The van der Waals surface area contributed by atoms with Crippen molar-refractivity contribution in [2.45, 2.75) is 57.5 Å². The fourth-order valence-corrected chi connectivity index (χ4v) is 2.70. The number of hydrogen-bond acceptors (Lipinski definition) is 2. The molecule has 0 amide bonds. The molecule has 0 spiro atoms. The molecule has 0 bridgehead atoms. The van der Waals surface area contributed by atoms with E-state index in [4.69, 9.17) is 4.74 Å². The summed E-state index contributed by atoms with van der Waals surface area (Å²) in [4.78, 5) is 0. The average molecular weight is 247 g/mol. The van der Waals surface area contributed by atoms with Gasteiger partial charge in [-0.3, -0.25) is 0 Å². The van der Waals surface area contributed by atoms with Crippen molar-refractivity contribution in [2.24, 2.45) is 0 Å². The minimum Gasteiger partial charge on any atom is -0.497 e. The molecule has 0 saturated heterocycles. The van der Waals surface area contributed by atoms with E-state index in [-0.39, 0.29) is 0 Å². The van der Waals surface area contributed by atoms with Gasteiger partial charge in [0, 0.05) is 12.6 Å². The molecular formula is C16H25NO. The van der Waals surface area contributed by atoms with Gasteiger partial charge >= 0.3 is 0 Å². The third kappa shape index (κ3) is 4.34. The van der Waals surface area contributed by atoms with Crippen LogP contribution in [0.4, 0.5) is 0 Å². The molecule has 2 heteroatoms. The van der Waals surface area contributed by atoms with E-state index in [1.807, 2.05) is 6.07 Å². The van der Waals surface area contributed by atoms with E-state index in [1.165, 1.54) is 50.5 Å². The molecule has 0 aromatic heterocycles. The number of methoxy groups -OCH3 is 1. The Labute approximate surface area is 111 Å². The molecule has 0 unspecified atom stereocenters. The Morgan fingerprint density at radius 2 is 1.83 bits per heavy atom. The zero-order chi connectivity index (χ0) is 12.6. The first-order valence-corrected chi connectivity index (χ1v) is 7.25. The van der Waals surface area contributed by atoms with E-state index in [9.17, 15) is 0 Å². The number of ether oxygens (including phenoxy) is 1. The first kappa shape index (κ1) is 13.4. The van der Waals surface area contributed by atoms with E-state index in [1.54, 1.807) is 7.11 Å². The number of hydrogen-bond donors (Lipinski definition) is 1. The topological polar surface area (TPSA) is 21.3 Å². The highest BCUT2D eigenvalue weighted by atomic mass is 16.5. The van der Waals surface area contributed by atoms with Gasteiger partial charge < -0.3 is 10.1 Å². The van der Waals surface area contributed by atoms with Gasteiger partial charge in [-0.25, -0.2) is 0 Å². The first-order valence-electron chi connectivity index (χ1n) is 7.25. The minimum absolute atomic E-state index is 0.705. The molecule has 2 nitrogen and oxygen atoms in total. The lowest BCUT2D eigenvalue weighted by molar-refractivity contribution is 0.387. The van der Waals surface area contributed by atoms with E-state index in [2.05, 4.69) is 23.5 Å². The van der Waals surface area contributed by atoms with Crippen LogP contribution in [0.5, 0.6) is 5.75 Å². The highest BCUT2D eigenvalue weighted by molar-refractivity contribution is 5.28. The van der Waals surface area contributed by atoms with Crippen LogP contribution in [0.3, 0.4) is 0 Å². The maximum atomic E-state index is 5.26. The van der Waals surface area contributed by atoms with Gasteiger partial charge in [-0.15, -0.1) is 0 Å². The summed E-state index contributed by atoms with van der Waals surface area (Å²) in [6.45, 7) is 0.960. The van der Waals surface area contributed by atoms with Crippen molar-refractivity contribution < 1.29 is 4.74 Å². The molecule has 0 aliphatic heterocycles. The highest BCUT2D eigenvalue weighted by Crippen LogP contribution is 2.18. The highest BCUT2D eigenvalue weighted by Gasteiger charge is 2.10. The standard InChI is InChI=1S/C16H25NO/c1-18-16-11-7-8-14(12-16)13-17-15-9-5-3-2-4-6-10-15/h7-8,11-12,15,17H,2-6,9-10,13H2,1H3. The van der Waals surface area contributed by atoms with Gasteiger partial charge in [0.05, 0.1) is 7.11 Å². The fourth-order valence-electron chi connectivity index (χ4n) is 2.70. The van der Waals surface area contributed by atoms with Crippen LogP contribution in [0.2, 0.25) is 0 Å². The summed E-state index contributed by atoms with van der Waals surface area (Å²) in [6.07, 6.45) is 9.71. The van der Waals surface area contributed by atoms with Crippen LogP contribution < -0.4 is 10.1 Å². The third-order valence-electron chi connectivity index (χ3n) is 3.83. The summed E-state index contributed by atoms with van der Waals surface area (Å²) in [6, 6.07) is 9.05. The molecule has 1 aliphatic carbocycles. The summed E-state index contributed by atoms with van der Waals surface area (Å²) in [5, 5.41) is 3.70. The third-order valence-corrected chi connectivity index (χ3v) is 3.83. The Kier molecular flexibility index (Phi) is 5.53. The summed E-state index contributed by atoms with van der Waals surface area (Å²) in [5.74, 6) is 0.951. The van der Waals surface area contributed by atoms with Crippen molar-refractivity contribution in [3.8, 4) is 5.75 Å². The second-order valence-corrected chi connectivity index (χ2v) is 5.27. The normalized spacial score (nSPS) is 18.1. The summed E-state index contributed by atoms with van der Waals surface area (Å²) >= 11 is 0. The Bertz CT molecular complexity index is 343. The molecule has 0 heterocycles. The second-order valence-electron chi connectivity index (χ2n) is 5.27. The van der Waals surface area contributed by atoms with Crippen molar-refractivity contribution in [1.29, 1.82) is 0 Å². The number of benzene rings is 1. The minimum atomic E-state index is 0.705. The smallest absolute Gasteiger partial charge is 0.119 e. The van der Waals surface area contributed by atoms with Crippen LogP contribution in [0, 0.1) is 0 Å². The second kappa shape index (κ2) is 7.42. The van der Waals surface area contributed by atoms with Gasteiger partial charge in [0.2, 0.25) is 0 Å². The van der Waals surface area contributed by atoms with Gasteiger partial charge in [0.1, 0.15) is 5.75 Å². The number of rotatable bonds is 4. The van der Waals surface area contributed by atoms with E-state index in [0.29, 0.717) is 6.04 Å². The predicted octanol–water partition coefficient (Wildman–Crippen LogP) is 3.90. The van der Waals surface area contributed by atoms with E-state index < -0.39 is 0 Å². The molecule has 2 rings (SSSR count). The Morgan fingerprint density at radius 1 is 1.11 bits per heavy atom. The average Bonchev–Trinajstić information content (AvgIpc) is 2.38. The molecule has 1 aromatic carbocycles. The van der Waals surface area contributed by atoms with Gasteiger partial charge in [-0.05, 0) is 30.5 Å². The van der Waals surface area contributed by atoms with Crippen LogP contribution >= 0.6 is 0 Å². The van der Waals surface area contributed by atoms with Crippen molar-refractivity contribution >= 4 is 0 Å². The van der Waals surface area contributed by atoms with E-state index >= 15 is 0 Å². The molecule has 1 N–H and O–H groups in total. The van der Waals surface area contributed by atoms with Crippen molar-refractivity contribution in [3.63, 3.8) is 0 Å². The van der Waals surface area contributed by atoms with Gasteiger partial charge in [0.25, 0.3) is 0 Å². The molecule has 18 heavy (non-hydrogen) atoms. The largest absolute Gasteiger partial charge is 0.497 e. The monoisotopic (exact) mass is 247 g/mol. The van der Waals surface area contributed by atoms with Gasteiger partial charge in [-0.2, -0.15) is 0 Å². The summed E-state index contributed by atoms with van der Waals surface area (Å²) in [7, 11) is 1.72. The predicted molar refractivity (Wildman–Crippen MR) is 75.9 cm³/mol. The molecule has 1 aromatic rings. The van der Waals surface area contributed by atoms with E-state index in [0.717, 1.165) is 12.3 Å². The lowest BCUT2D eigenvalue weighted by Crippen LogP contribution is -2.29. The van der Waals surface area contributed by atoms with Crippen LogP contribution in [-0.4, -0.2) is 13.2 Å². The zero-order valence-corrected chi connectivity index (χ0v) is 11.5. The molecular weight excluding hydrogens is 222 g/mol. The Hall–Kier alpha value is -1.02. The molecule has 1 fully saturated rings. The molecule has 0 atom stereocenters. The molecule has 1 aliphatic rings. The Balaban J connectivity index is 1.81. The van der Waals surface area contributed by atoms with Gasteiger partial charge in [-0.1, -0.05) is 44.2 Å². The quantitative estimate of drug-likeness (QED) is 0.871. The van der Waals surface area contributed by atoms with Crippen LogP contribution in [0.1, 0.15) is 50.5 Å². The maximum absolute atomic E-state index is 5.26. The van der Waals surface area contributed by atoms with Crippen LogP contribution in [-0.2, 0) is 6.54 Å². The maximum Gasteiger partial charge on any atom is 0.119 e. The van der Waals surface area contributed by atoms with Crippen molar-refractivity contribution in [3.05, 3.63) is 29.8 Å². The summed E-state index contributed by atoms with van der Waals surface area (Å²) < 4.78 is 5.26. The zero-order valence-electron chi connectivity index (χ0n) is 11.5. The van der Waals surface area contributed by atoms with Crippen LogP contribution in [0.15, 0.2) is 24.3 Å². The fraction of sp³-hybridized carbons (Fsp3) is 0.625. The molecule has 100 valence electrons. The summed E-state index contributed by atoms with van der Waals surface area (Å²) in [5.41, 5.74) is 1.32. The Morgan fingerprint density at radius 3 is 2.56 bits per heavy atom. The lowest BCUT2D eigenvalue weighted by atomic mass is 9.96. The lowest BCUT2D eigenvalue weighted by Gasteiger charge is -2.21. The number of nitrogens with one attached hydrogen (secondary N) is 1. The molecule has 0 radical (unpaired) electrons. The van der Waals surface area contributed by atoms with Crippen molar-refractivity contribution in [1.82, 2.24) is 5.32 Å².